The summed E-state index contributed by atoms with van der Waals surface area (Å²) in [6.07, 6.45) is -3.36. The zero-order valence-electron chi connectivity index (χ0n) is 10.4. The minimum atomic E-state index is -4.58. The van der Waals surface area contributed by atoms with Crippen LogP contribution in [0.4, 0.5) is 19.0 Å². The van der Waals surface area contributed by atoms with Crippen LogP contribution < -0.4 is 5.32 Å². The molecule has 0 aliphatic heterocycles. The molecule has 0 saturated carbocycles. The molecule has 0 aliphatic rings. The first-order chi connectivity index (χ1) is 8.70. The summed E-state index contributed by atoms with van der Waals surface area (Å²) in [6, 6.07) is 2.35. The first-order valence-electron chi connectivity index (χ1n) is 5.41. The average molecular weight is 297 g/mol. The van der Waals surface area contributed by atoms with Crippen LogP contribution in [0.5, 0.6) is 0 Å². The number of aromatic nitrogens is 1. The highest BCUT2D eigenvalue weighted by Gasteiger charge is 2.36. The predicted octanol–water partition coefficient (Wildman–Crippen LogP) is 1.70. The summed E-state index contributed by atoms with van der Waals surface area (Å²) in [5.74, 6) is 0.268. The SMILES string of the molecule is CCN(CC(F)(F)F)S(=O)(=O)c1ccnc(NC)c1. The Balaban J connectivity index is 3.13. The van der Waals surface area contributed by atoms with Gasteiger partial charge in [0.2, 0.25) is 10.0 Å². The van der Waals surface area contributed by atoms with Gasteiger partial charge in [-0.15, -0.1) is 0 Å². The highest BCUT2D eigenvalue weighted by Crippen LogP contribution is 2.23. The van der Waals surface area contributed by atoms with Crippen molar-refractivity contribution in [3.05, 3.63) is 18.3 Å². The summed E-state index contributed by atoms with van der Waals surface area (Å²) >= 11 is 0. The molecule has 0 atom stereocenters. The molecule has 0 bridgehead atoms. The Morgan fingerprint density at radius 3 is 2.53 bits per heavy atom. The number of pyridine rings is 1. The number of nitrogens with one attached hydrogen (secondary N) is 1. The fourth-order valence-corrected chi connectivity index (χ4v) is 2.87. The minimum Gasteiger partial charge on any atom is -0.373 e. The number of hydrogen-bond acceptors (Lipinski definition) is 4. The Bertz CT molecular complexity index is 531. The van der Waals surface area contributed by atoms with Crippen LogP contribution in [0.15, 0.2) is 23.2 Å². The van der Waals surface area contributed by atoms with Crippen LogP contribution in [0.3, 0.4) is 0 Å². The number of sulfonamides is 1. The molecular weight excluding hydrogens is 283 g/mol. The molecular formula is C10H14F3N3O2S. The highest BCUT2D eigenvalue weighted by molar-refractivity contribution is 7.89. The van der Waals surface area contributed by atoms with E-state index in [0.717, 1.165) is 6.07 Å². The topological polar surface area (TPSA) is 62.3 Å². The fraction of sp³-hybridized carbons (Fsp3) is 0.500. The van der Waals surface area contributed by atoms with Gasteiger partial charge in [0.25, 0.3) is 0 Å². The molecule has 0 saturated heterocycles. The van der Waals surface area contributed by atoms with E-state index in [1.165, 1.54) is 26.2 Å². The molecule has 0 aromatic carbocycles. The molecule has 0 aliphatic carbocycles. The Kier molecular flexibility index (Phi) is 4.75. The summed E-state index contributed by atoms with van der Waals surface area (Å²) in [7, 11) is -2.65. The molecule has 1 heterocycles. The second-order valence-corrected chi connectivity index (χ2v) is 5.61. The smallest absolute Gasteiger partial charge is 0.373 e. The van der Waals surface area contributed by atoms with Gasteiger partial charge in [-0.2, -0.15) is 17.5 Å². The minimum absolute atomic E-state index is 0.224. The molecule has 19 heavy (non-hydrogen) atoms. The van der Waals surface area contributed by atoms with Crippen molar-refractivity contribution in [2.45, 2.75) is 18.0 Å². The van der Waals surface area contributed by atoms with Gasteiger partial charge < -0.3 is 5.32 Å². The van der Waals surface area contributed by atoms with Crippen molar-refractivity contribution < 1.29 is 21.6 Å². The largest absolute Gasteiger partial charge is 0.402 e. The first-order valence-corrected chi connectivity index (χ1v) is 6.85. The van der Waals surface area contributed by atoms with Gasteiger partial charge in [-0.3, -0.25) is 0 Å². The Morgan fingerprint density at radius 1 is 1.42 bits per heavy atom. The second kappa shape index (κ2) is 5.74. The van der Waals surface area contributed by atoms with Gasteiger partial charge in [-0.25, -0.2) is 13.4 Å². The predicted molar refractivity (Wildman–Crippen MR) is 64.3 cm³/mol. The van der Waals surface area contributed by atoms with Gasteiger partial charge in [0.05, 0.1) is 4.90 Å². The maximum absolute atomic E-state index is 12.4. The Labute approximate surface area is 109 Å². The third kappa shape index (κ3) is 4.06. The van der Waals surface area contributed by atoms with Crippen molar-refractivity contribution >= 4 is 15.8 Å². The zero-order chi connectivity index (χ0) is 14.7. The van der Waals surface area contributed by atoms with Gasteiger partial charge in [0.1, 0.15) is 12.4 Å². The molecule has 5 nitrogen and oxygen atoms in total. The van der Waals surface area contributed by atoms with Crippen molar-refractivity contribution in [3.8, 4) is 0 Å². The third-order valence-electron chi connectivity index (χ3n) is 2.33. The number of anilines is 1. The number of halogens is 3. The lowest BCUT2D eigenvalue weighted by Gasteiger charge is -2.21. The summed E-state index contributed by atoms with van der Waals surface area (Å²) < 4.78 is 61.6. The molecule has 1 rings (SSSR count). The maximum Gasteiger partial charge on any atom is 0.402 e. The molecule has 1 N–H and O–H groups in total. The van der Waals surface area contributed by atoms with Crippen LogP contribution >= 0.6 is 0 Å². The van der Waals surface area contributed by atoms with Gasteiger partial charge >= 0.3 is 6.18 Å². The number of nitrogens with zero attached hydrogens (tertiary/aromatic N) is 2. The standard InChI is InChI=1S/C10H14F3N3O2S/c1-3-16(7-10(11,12)13)19(17,18)8-4-5-15-9(6-8)14-2/h4-6H,3,7H2,1-2H3,(H,14,15). The van der Waals surface area contributed by atoms with Crippen LogP contribution in [-0.4, -0.2) is 44.0 Å². The lowest BCUT2D eigenvalue weighted by Crippen LogP contribution is -2.38. The maximum atomic E-state index is 12.4. The molecule has 0 radical (unpaired) electrons. The summed E-state index contributed by atoms with van der Waals surface area (Å²) in [4.78, 5) is 3.59. The average Bonchev–Trinajstić information content (AvgIpc) is 2.34. The summed E-state index contributed by atoms with van der Waals surface area (Å²) in [5, 5.41) is 2.63. The van der Waals surface area contributed by atoms with Crippen LogP contribution in [0.2, 0.25) is 0 Å². The molecule has 0 amide bonds. The van der Waals surface area contributed by atoms with E-state index in [1.807, 2.05) is 0 Å². The van der Waals surface area contributed by atoms with Gasteiger partial charge in [-0.1, -0.05) is 6.92 Å². The van der Waals surface area contributed by atoms with Crippen LogP contribution in [0, 0.1) is 0 Å². The number of alkyl halides is 3. The molecule has 0 spiro atoms. The zero-order valence-corrected chi connectivity index (χ0v) is 11.2. The Hall–Kier alpha value is -1.35. The number of rotatable bonds is 5. The van der Waals surface area contributed by atoms with Crippen molar-refractivity contribution in [2.24, 2.45) is 0 Å². The molecule has 9 heteroatoms. The van der Waals surface area contributed by atoms with E-state index in [0.29, 0.717) is 4.31 Å². The fourth-order valence-electron chi connectivity index (χ4n) is 1.42. The van der Waals surface area contributed by atoms with Crippen LogP contribution in [0.25, 0.3) is 0 Å². The van der Waals surface area contributed by atoms with Crippen molar-refractivity contribution in [1.29, 1.82) is 0 Å². The summed E-state index contributed by atoms with van der Waals surface area (Å²) in [6.45, 7) is -0.425. The van der Waals surface area contributed by atoms with Crippen molar-refractivity contribution in [3.63, 3.8) is 0 Å². The van der Waals surface area contributed by atoms with Gasteiger partial charge in [0.15, 0.2) is 0 Å². The first kappa shape index (κ1) is 15.7. The van der Waals surface area contributed by atoms with E-state index in [9.17, 15) is 21.6 Å². The van der Waals surface area contributed by atoms with Crippen molar-refractivity contribution in [1.82, 2.24) is 9.29 Å². The molecule has 0 fully saturated rings. The lowest BCUT2D eigenvalue weighted by molar-refractivity contribution is -0.135. The third-order valence-corrected chi connectivity index (χ3v) is 4.25. The number of hydrogen-bond donors (Lipinski definition) is 1. The van der Waals surface area contributed by atoms with Crippen LogP contribution in [0.1, 0.15) is 6.92 Å². The highest BCUT2D eigenvalue weighted by atomic mass is 32.2. The molecule has 108 valence electrons. The Morgan fingerprint density at radius 2 is 2.05 bits per heavy atom. The van der Waals surface area contributed by atoms with E-state index in [4.69, 9.17) is 0 Å². The van der Waals surface area contributed by atoms with E-state index < -0.39 is 22.7 Å². The van der Waals surface area contributed by atoms with E-state index in [-0.39, 0.29) is 17.3 Å². The lowest BCUT2D eigenvalue weighted by atomic mass is 10.5. The van der Waals surface area contributed by atoms with Gasteiger partial charge in [-0.05, 0) is 6.07 Å². The monoisotopic (exact) mass is 297 g/mol. The van der Waals surface area contributed by atoms with E-state index in [2.05, 4.69) is 10.3 Å². The molecule has 1 aromatic rings. The van der Waals surface area contributed by atoms with E-state index >= 15 is 0 Å². The normalized spacial score (nSPS) is 12.7. The molecule has 1 aromatic heterocycles. The van der Waals surface area contributed by atoms with Crippen LogP contribution in [-0.2, 0) is 10.0 Å². The quantitative estimate of drug-likeness (QED) is 0.898. The molecule has 0 unspecified atom stereocenters. The summed E-state index contributed by atoms with van der Waals surface area (Å²) in [5.41, 5.74) is 0. The van der Waals surface area contributed by atoms with Crippen molar-refractivity contribution in [2.75, 3.05) is 25.5 Å². The second-order valence-electron chi connectivity index (χ2n) is 3.67. The van der Waals surface area contributed by atoms with Gasteiger partial charge in [0, 0.05) is 25.9 Å². The van der Waals surface area contributed by atoms with E-state index in [1.54, 1.807) is 0 Å².